The Morgan fingerprint density at radius 2 is 1.90 bits per heavy atom. The van der Waals surface area contributed by atoms with E-state index in [9.17, 15) is 14.9 Å². The molecular formula is C28H26ClN3O6S. The first-order valence-electron chi connectivity index (χ1n) is 12.0. The lowest BCUT2D eigenvalue weighted by Gasteiger charge is -2.15. The molecule has 39 heavy (non-hydrogen) atoms. The van der Waals surface area contributed by atoms with Crippen LogP contribution in [-0.2, 0) is 16.1 Å². The van der Waals surface area contributed by atoms with Crippen LogP contribution >= 0.6 is 23.4 Å². The minimum atomic E-state index is -0.462. The Bertz CT molecular complexity index is 1410. The van der Waals surface area contributed by atoms with E-state index in [1.807, 2.05) is 30.3 Å². The molecule has 1 heterocycles. The van der Waals surface area contributed by atoms with Gasteiger partial charge in [0, 0.05) is 32.4 Å². The van der Waals surface area contributed by atoms with E-state index in [-0.39, 0.29) is 23.2 Å². The van der Waals surface area contributed by atoms with Crippen LogP contribution in [0.2, 0.25) is 5.02 Å². The summed E-state index contributed by atoms with van der Waals surface area (Å²) >= 11 is 7.84. The van der Waals surface area contributed by atoms with E-state index in [2.05, 4.69) is 4.99 Å². The summed E-state index contributed by atoms with van der Waals surface area (Å²) < 4.78 is 16.5. The quantitative estimate of drug-likeness (QED) is 0.113. The Morgan fingerprint density at radius 1 is 1.10 bits per heavy atom. The van der Waals surface area contributed by atoms with Gasteiger partial charge in [-0.2, -0.15) is 0 Å². The first-order valence-corrected chi connectivity index (χ1v) is 13.2. The Labute approximate surface area is 235 Å². The highest BCUT2D eigenvalue weighted by molar-refractivity contribution is 8.18. The Kier molecular flexibility index (Phi) is 9.59. The maximum atomic E-state index is 13.3. The third-order valence-corrected chi connectivity index (χ3v) is 6.94. The topological polar surface area (TPSA) is 104 Å². The second kappa shape index (κ2) is 13.3. The Hall–Kier alpha value is -3.86. The molecule has 0 radical (unpaired) electrons. The molecular weight excluding hydrogens is 542 g/mol. The van der Waals surface area contributed by atoms with Crippen molar-refractivity contribution in [3.8, 4) is 11.5 Å². The fourth-order valence-corrected chi connectivity index (χ4v) is 5.10. The number of benzene rings is 3. The molecule has 0 bridgehead atoms. The zero-order valence-electron chi connectivity index (χ0n) is 21.3. The van der Waals surface area contributed by atoms with Gasteiger partial charge in [-0.05, 0) is 59.7 Å². The molecule has 0 N–H and O–H groups in total. The van der Waals surface area contributed by atoms with Gasteiger partial charge in [0.05, 0.1) is 27.6 Å². The van der Waals surface area contributed by atoms with Crippen LogP contribution in [-0.4, -0.2) is 48.3 Å². The van der Waals surface area contributed by atoms with Crippen molar-refractivity contribution in [1.29, 1.82) is 0 Å². The first-order chi connectivity index (χ1) is 18.9. The van der Waals surface area contributed by atoms with Crippen molar-refractivity contribution in [3.63, 3.8) is 0 Å². The van der Waals surface area contributed by atoms with Gasteiger partial charge in [-0.3, -0.25) is 19.8 Å². The molecule has 1 saturated heterocycles. The van der Waals surface area contributed by atoms with Gasteiger partial charge in [0.15, 0.2) is 16.7 Å². The molecule has 0 aliphatic carbocycles. The average Bonchev–Trinajstić information content (AvgIpc) is 3.21. The third kappa shape index (κ3) is 7.17. The molecule has 3 aromatic rings. The first kappa shape index (κ1) is 28.2. The van der Waals surface area contributed by atoms with E-state index in [0.29, 0.717) is 52.3 Å². The number of para-hydroxylation sites is 1. The number of nitro groups is 1. The van der Waals surface area contributed by atoms with E-state index in [1.165, 1.54) is 31.0 Å². The SMILES string of the molecule is COCCCN1C(=O)/C(=C/c2cc(Cl)c(OCc3cccc([N+](=O)[O-])c3)c(OC)c2)SC1=Nc1ccccc1. The van der Waals surface area contributed by atoms with Crippen LogP contribution in [0.25, 0.3) is 6.08 Å². The van der Waals surface area contributed by atoms with E-state index in [1.54, 1.807) is 42.4 Å². The number of amidine groups is 1. The smallest absolute Gasteiger partial charge is 0.269 e. The maximum absolute atomic E-state index is 13.3. The van der Waals surface area contributed by atoms with Crippen molar-refractivity contribution in [1.82, 2.24) is 4.90 Å². The van der Waals surface area contributed by atoms with Crippen molar-refractivity contribution in [2.75, 3.05) is 27.4 Å². The Balaban J connectivity index is 1.58. The van der Waals surface area contributed by atoms with E-state index in [0.717, 1.165) is 5.69 Å². The Morgan fingerprint density at radius 3 is 2.62 bits per heavy atom. The number of thioether (sulfide) groups is 1. The number of rotatable bonds is 11. The summed E-state index contributed by atoms with van der Waals surface area (Å²) in [6, 6.07) is 19.0. The second-order valence-corrected chi connectivity index (χ2v) is 9.81. The number of carbonyl (C=O) groups excluding carboxylic acids is 1. The molecule has 1 aliphatic heterocycles. The average molecular weight is 568 g/mol. The standard InChI is InChI=1S/C28H26ClN3O6S/c1-36-13-7-12-31-27(33)25(39-28(31)30-21-9-4-3-5-10-21)17-20-15-23(29)26(24(16-20)37-2)38-18-19-8-6-11-22(14-19)32(34)35/h3-6,8-11,14-17H,7,12-13,18H2,1-2H3/b25-17-,30-28?. The number of hydrogen-bond acceptors (Lipinski definition) is 8. The zero-order valence-corrected chi connectivity index (χ0v) is 22.9. The molecule has 0 spiro atoms. The van der Waals surface area contributed by atoms with Gasteiger partial charge in [-0.15, -0.1) is 0 Å². The normalized spacial score (nSPS) is 15.3. The van der Waals surface area contributed by atoms with Crippen LogP contribution in [0.15, 0.2) is 76.6 Å². The predicted octanol–water partition coefficient (Wildman–Crippen LogP) is 6.48. The van der Waals surface area contributed by atoms with Crippen molar-refractivity contribution < 1.29 is 23.9 Å². The van der Waals surface area contributed by atoms with Crippen LogP contribution in [0.1, 0.15) is 17.5 Å². The molecule has 1 aliphatic rings. The number of aliphatic imine (C=N–C) groups is 1. The van der Waals surface area contributed by atoms with Crippen LogP contribution in [0.5, 0.6) is 11.5 Å². The lowest BCUT2D eigenvalue weighted by atomic mass is 10.1. The van der Waals surface area contributed by atoms with E-state index < -0.39 is 4.92 Å². The number of amides is 1. The summed E-state index contributed by atoms with van der Waals surface area (Å²) in [5.74, 6) is 0.503. The summed E-state index contributed by atoms with van der Waals surface area (Å²) in [6.45, 7) is 1.05. The molecule has 11 heteroatoms. The third-order valence-electron chi connectivity index (χ3n) is 5.65. The fourth-order valence-electron chi connectivity index (χ4n) is 3.80. The lowest BCUT2D eigenvalue weighted by molar-refractivity contribution is -0.384. The minimum absolute atomic E-state index is 0.0266. The van der Waals surface area contributed by atoms with Crippen LogP contribution in [0.3, 0.4) is 0 Å². The summed E-state index contributed by atoms with van der Waals surface area (Å²) in [6.07, 6.45) is 2.41. The number of ether oxygens (including phenoxy) is 3. The van der Waals surface area contributed by atoms with Crippen LogP contribution in [0.4, 0.5) is 11.4 Å². The molecule has 0 saturated carbocycles. The number of methoxy groups -OCH3 is 2. The summed E-state index contributed by atoms with van der Waals surface area (Å²) in [7, 11) is 3.11. The lowest BCUT2D eigenvalue weighted by Crippen LogP contribution is -2.30. The van der Waals surface area contributed by atoms with Crippen LogP contribution < -0.4 is 9.47 Å². The number of halogens is 1. The molecule has 0 aromatic heterocycles. The molecule has 1 fully saturated rings. The number of nitro benzene ring substituents is 1. The minimum Gasteiger partial charge on any atom is -0.493 e. The molecule has 4 rings (SSSR count). The highest BCUT2D eigenvalue weighted by Gasteiger charge is 2.33. The number of hydrogen-bond donors (Lipinski definition) is 0. The number of carbonyl (C=O) groups is 1. The van der Waals surface area contributed by atoms with Gasteiger partial charge in [-0.25, -0.2) is 4.99 Å². The van der Waals surface area contributed by atoms with Gasteiger partial charge in [0.1, 0.15) is 6.61 Å². The molecule has 0 atom stereocenters. The fraction of sp³-hybridized carbons (Fsp3) is 0.214. The summed E-state index contributed by atoms with van der Waals surface area (Å²) in [5, 5.41) is 11.9. The molecule has 9 nitrogen and oxygen atoms in total. The van der Waals surface area contributed by atoms with Gasteiger partial charge < -0.3 is 14.2 Å². The van der Waals surface area contributed by atoms with Gasteiger partial charge in [0.25, 0.3) is 11.6 Å². The highest BCUT2D eigenvalue weighted by Crippen LogP contribution is 2.40. The maximum Gasteiger partial charge on any atom is 0.269 e. The van der Waals surface area contributed by atoms with Gasteiger partial charge in [0.2, 0.25) is 0 Å². The predicted molar refractivity (Wildman–Crippen MR) is 153 cm³/mol. The van der Waals surface area contributed by atoms with E-state index >= 15 is 0 Å². The largest absolute Gasteiger partial charge is 0.493 e. The van der Waals surface area contributed by atoms with Crippen molar-refractivity contribution in [2.24, 2.45) is 4.99 Å². The zero-order chi connectivity index (χ0) is 27.8. The van der Waals surface area contributed by atoms with E-state index in [4.69, 9.17) is 25.8 Å². The highest BCUT2D eigenvalue weighted by atomic mass is 35.5. The van der Waals surface area contributed by atoms with Gasteiger partial charge in [-0.1, -0.05) is 41.9 Å². The van der Waals surface area contributed by atoms with Crippen LogP contribution in [0, 0.1) is 10.1 Å². The summed E-state index contributed by atoms with van der Waals surface area (Å²) in [4.78, 5) is 30.7. The molecule has 1 amide bonds. The summed E-state index contributed by atoms with van der Waals surface area (Å²) in [5.41, 5.74) is 1.98. The van der Waals surface area contributed by atoms with Gasteiger partial charge >= 0.3 is 0 Å². The molecule has 3 aromatic carbocycles. The number of nitrogens with zero attached hydrogens (tertiary/aromatic N) is 3. The number of non-ortho nitro benzene ring substituents is 1. The van der Waals surface area contributed by atoms with Crippen molar-refractivity contribution >= 4 is 51.9 Å². The van der Waals surface area contributed by atoms with Crippen molar-refractivity contribution in [2.45, 2.75) is 13.0 Å². The molecule has 202 valence electrons. The monoisotopic (exact) mass is 567 g/mol. The second-order valence-electron chi connectivity index (χ2n) is 8.39. The van der Waals surface area contributed by atoms with Crippen molar-refractivity contribution in [3.05, 3.63) is 97.9 Å². The molecule has 0 unspecified atom stereocenters.